The zero-order valence-electron chi connectivity index (χ0n) is 7.54. The maximum atomic E-state index is 5.93. The fourth-order valence-corrected chi connectivity index (χ4v) is 2.28. The van der Waals surface area contributed by atoms with Crippen molar-refractivity contribution >= 4 is 11.6 Å². The number of hydrogen-bond acceptors (Lipinski definition) is 1. The molecule has 1 aliphatic rings. The zero-order chi connectivity index (χ0) is 9.26. The van der Waals surface area contributed by atoms with E-state index in [4.69, 9.17) is 17.3 Å². The summed E-state index contributed by atoms with van der Waals surface area (Å²) in [5.74, 6) is 0.633. The van der Waals surface area contributed by atoms with Gasteiger partial charge in [-0.15, -0.1) is 0 Å². The van der Waals surface area contributed by atoms with Crippen LogP contribution in [0.3, 0.4) is 0 Å². The van der Waals surface area contributed by atoms with E-state index in [1.807, 2.05) is 12.1 Å². The molecule has 0 radical (unpaired) electrons. The van der Waals surface area contributed by atoms with Crippen LogP contribution in [-0.2, 0) is 0 Å². The van der Waals surface area contributed by atoms with E-state index in [9.17, 15) is 0 Å². The molecular weight excluding hydrogens is 182 g/mol. The number of hydrogen-bond donors (Lipinski definition) is 1. The third-order valence-electron chi connectivity index (χ3n) is 2.79. The largest absolute Gasteiger partial charge is 0.328 e. The van der Waals surface area contributed by atoms with Gasteiger partial charge in [0.25, 0.3) is 0 Å². The summed E-state index contributed by atoms with van der Waals surface area (Å²) in [6, 6.07) is 8.53. The van der Waals surface area contributed by atoms with E-state index in [1.54, 1.807) is 0 Å². The lowest BCUT2D eigenvalue weighted by molar-refractivity contribution is 0.675. The summed E-state index contributed by atoms with van der Waals surface area (Å²) in [7, 11) is 0. The lowest BCUT2D eigenvalue weighted by atomic mass is 9.98. The molecule has 0 amide bonds. The standard InChI is InChI=1S/C11H14ClN/c12-10-3-1-2-8(6-10)9-4-5-11(13)7-9/h1-3,6,9,11H,4-5,7,13H2/t9-,11+/m1/s1. The molecule has 13 heavy (non-hydrogen) atoms. The van der Waals surface area contributed by atoms with Gasteiger partial charge in [0.1, 0.15) is 0 Å². The first-order valence-corrected chi connectivity index (χ1v) is 5.14. The first-order valence-electron chi connectivity index (χ1n) is 4.77. The van der Waals surface area contributed by atoms with Crippen molar-refractivity contribution in [2.45, 2.75) is 31.2 Å². The van der Waals surface area contributed by atoms with Crippen LogP contribution in [0.5, 0.6) is 0 Å². The van der Waals surface area contributed by atoms with Crippen LogP contribution in [0.2, 0.25) is 5.02 Å². The Morgan fingerprint density at radius 1 is 1.31 bits per heavy atom. The highest BCUT2D eigenvalue weighted by Gasteiger charge is 2.22. The Hall–Kier alpha value is -0.530. The van der Waals surface area contributed by atoms with Crippen molar-refractivity contribution in [3.05, 3.63) is 34.9 Å². The second kappa shape index (κ2) is 3.69. The Balaban J connectivity index is 2.16. The van der Waals surface area contributed by atoms with Crippen LogP contribution in [0.15, 0.2) is 24.3 Å². The molecule has 2 rings (SSSR count). The minimum atomic E-state index is 0.393. The Morgan fingerprint density at radius 2 is 2.15 bits per heavy atom. The van der Waals surface area contributed by atoms with E-state index in [0.29, 0.717) is 12.0 Å². The topological polar surface area (TPSA) is 26.0 Å². The van der Waals surface area contributed by atoms with Crippen LogP contribution in [-0.4, -0.2) is 6.04 Å². The molecule has 0 unspecified atom stereocenters. The Labute approximate surface area is 83.9 Å². The summed E-state index contributed by atoms with van der Waals surface area (Å²) in [6.07, 6.45) is 3.47. The van der Waals surface area contributed by atoms with Crippen LogP contribution in [0, 0.1) is 0 Å². The van der Waals surface area contributed by atoms with Gasteiger partial charge >= 0.3 is 0 Å². The van der Waals surface area contributed by atoms with Crippen LogP contribution in [0.1, 0.15) is 30.7 Å². The van der Waals surface area contributed by atoms with Crippen molar-refractivity contribution in [2.75, 3.05) is 0 Å². The minimum Gasteiger partial charge on any atom is -0.328 e. The molecule has 1 saturated carbocycles. The zero-order valence-corrected chi connectivity index (χ0v) is 8.30. The van der Waals surface area contributed by atoms with Crippen molar-refractivity contribution in [3.8, 4) is 0 Å². The molecule has 70 valence electrons. The summed E-state index contributed by atoms with van der Waals surface area (Å²) in [5, 5.41) is 0.831. The van der Waals surface area contributed by atoms with E-state index in [-0.39, 0.29) is 0 Å². The lowest BCUT2D eigenvalue weighted by Gasteiger charge is -2.09. The Morgan fingerprint density at radius 3 is 2.77 bits per heavy atom. The van der Waals surface area contributed by atoms with Gasteiger partial charge in [0.15, 0.2) is 0 Å². The van der Waals surface area contributed by atoms with Crippen LogP contribution >= 0.6 is 11.6 Å². The fraction of sp³-hybridized carbons (Fsp3) is 0.455. The van der Waals surface area contributed by atoms with E-state index < -0.39 is 0 Å². The Kier molecular flexibility index (Phi) is 2.56. The van der Waals surface area contributed by atoms with Gasteiger partial charge in [-0.05, 0) is 42.9 Å². The second-order valence-corrected chi connectivity index (χ2v) is 4.26. The van der Waals surface area contributed by atoms with E-state index in [2.05, 4.69) is 12.1 Å². The van der Waals surface area contributed by atoms with Crippen molar-refractivity contribution < 1.29 is 0 Å². The van der Waals surface area contributed by atoms with Crippen molar-refractivity contribution in [1.82, 2.24) is 0 Å². The molecule has 1 fully saturated rings. The minimum absolute atomic E-state index is 0.393. The monoisotopic (exact) mass is 195 g/mol. The summed E-state index contributed by atoms with van der Waals surface area (Å²) in [5.41, 5.74) is 7.22. The van der Waals surface area contributed by atoms with Gasteiger partial charge in [0.2, 0.25) is 0 Å². The average Bonchev–Trinajstić information content (AvgIpc) is 2.52. The highest BCUT2D eigenvalue weighted by Crippen LogP contribution is 2.34. The first-order chi connectivity index (χ1) is 6.25. The fourth-order valence-electron chi connectivity index (χ4n) is 2.08. The molecular formula is C11H14ClN. The summed E-state index contributed by atoms with van der Waals surface area (Å²) in [4.78, 5) is 0. The van der Waals surface area contributed by atoms with Gasteiger partial charge < -0.3 is 5.73 Å². The molecule has 1 aliphatic carbocycles. The third-order valence-corrected chi connectivity index (χ3v) is 3.03. The average molecular weight is 196 g/mol. The lowest BCUT2D eigenvalue weighted by Crippen LogP contribution is -2.14. The van der Waals surface area contributed by atoms with Crippen LogP contribution in [0.4, 0.5) is 0 Å². The number of rotatable bonds is 1. The number of benzene rings is 1. The molecule has 2 N–H and O–H groups in total. The molecule has 0 bridgehead atoms. The molecule has 1 aromatic carbocycles. The van der Waals surface area contributed by atoms with Gasteiger partial charge in [0.05, 0.1) is 0 Å². The normalized spacial score (nSPS) is 27.8. The van der Waals surface area contributed by atoms with Gasteiger partial charge in [0, 0.05) is 11.1 Å². The summed E-state index contributed by atoms with van der Waals surface area (Å²) in [6.45, 7) is 0. The maximum Gasteiger partial charge on any atom is 0.0408 e. The number of nitrogens with two attached hydrogens (primary N) is 1. The highest BCUT2D eigenvalue weighted by molar-refractivity contribution is 6.30. The van der Waals surface area contributed by atoms with Crippen molar-refractivity contribution in [1.29, 1.82) is 0 Å². The van der Waals surface area contributed by atoms with E-state index in [1.165, 1.54) is 12.0 Å². The molecule has 0 spiro atoms. The molecule has 2 atom stereocenters. The van der Waals surface area contributed by atoms with Crippen molar-refractivity contribution in [3.63, 3.8) is 0 Å². The van der Waals surface area contributed by atoms with Gasteiger partial charge in [-0.2, -0.15) is 0 Å². The van der Waals surface area contributed by atoms with Gasteiger partial charge in [-0.1, -0.05) is 23.7 Å². The van der Waals surface area contributed by atoms with Gasteiger partial charge in [-0.25, -0.2) is 0 Å². The molecule has 0 aromatic heterocycles. The molecule has 1 aromatic rings. The van der Waals surface area contributed by atoms with Gasteiger partial charge in [-0.3, -0.25) is 0 Å². The molecule has 2 heteroatoms. The quantitative estimate of drug-likeness (QED) is 0.733. The molecule has 0 aliphatic heterocycles. The highest BCUT2D eigenvalue weighted by atomic mass is 35.5. The van der Waals surface area contributed by atoms with Crippen molar-refractivity contribution in [2.24, 2.45) is 5.73 Å². The van der Waals surface area contributed by atoms with Crippen LogP contribution < -0.4 is 5.73 Å². The number of halogens is 1. The summed E-state index contributed by atoms with van der Waals surface area (Å²) >= 11 is 5.93. The second-order valence-electron chi connectivity index (χ2n) is 3.83. The van der Waals surface area contributed by atoms with E-state index in [0.717, 1.165) is 17.9 Å². The Bertz CT molecular complexity index is 298. The van der Waals surface area contributed by atoms with Crippen LogP contribution in [0.25, 0.3) is 0 Å². The first kappa shape index (κ1) is 9.04. The third kappa shape index (κ3) is 2.04. The maximum absolute atomic E-state index is 5.93. The summed E-state index contributed by atoms with van der Waals surface area (Å²) < 4.78 is 0. The molecule has 0 heterocycles. The molecule has 1 nitrogen and oxygen atoms in total. The van der Waals surface area contributed by atoms with E-state index >= 15 is 0 Å². The smallest absolute Gasteiger partial charge is 0.0408 e. The predicted octanol–water partition coefficient (Wildman–Crippen LogP) is 2.93. The predicted molar refractivity (Wildman–Crippen MR) is 56.0 cm³/mol. The SMILES string of the molecule is N[C@H]1CC[C@@H](c2cccc(Cl)c2)C1. The molecule has 0 saturated heterocycles.